The fourth-order valence-corrected chi connectivity index (χ4v) is 2.60. The van der Waals surface area contributed by atoms with E-state index in [1.807, 2.05) is 37.3 Å². The first-order valence-corrected chi connectivity index (χ1v) is 8.38. The van der Waals surface area contributed by atoms with E-state index in [2.05, 4.69) is 17.6 Å². The first-order chi connectivity index (χ1) is 11.5. The zero-order valence-corrected chi connectivity index (χ0v) is 15.0. The van der Waals surface area contributed by atoms with Crippen molar-refractivity contribution in [3.63, 3.8) is 0 Å². The van der Waals surface area contributed by atoms with Gasteiger partial charge in [0.1, 0.15) is 5.75 Å². The number of halogens is 1. The van der Waals surface area contributed by atoms with Crippen molar-refractivity contribution in [1.29, 1.82) is 0 Å². The van der Waals surface area contributed by atoms with Crippen LogP contribution in [0.5, 0.6) is 5.75 Å². The van der Waals surface area contributed by atoms with Crippen molar-refractivity contribution in [2.75, 3.05) is 24.3 Å². The minimum Gasteiger partial charge on any atom is -0.495 e. The average Bonchev–Trinajstić information content (AvgIpc) is 2.58. The summed E-state index contributed by atoms with van der Waals surface area (Å²) < 4.78 is 5.32. The number of nitrogens with one attached hydrogen (secondary N) is 2. The van der Waals surface area contributed by atoms with Crippen molar-refractivity contribution in [1.82, 2.24) is 0 Å². The van der Waals surface area contributed by atoms with E-state index in [4.69, 9.17) is 16.3 Å². The molecule has 0 bridgehead atoms. The lowest BCUT2D eigenvalue weighted by atomic mass is 10.1. The summed E-state index contributed by atoms with van der Waals surface area (Å²) in [5, 5.41) is 6.86. The molecule has 2 aromatic carbocycles. The molecule has 0 heterocycles. The van der Waals surface area contributed by atoms with E-state index in [-0.39, 0.29) is 5.91 Å². The molecule has 0 aliphatic rings. The second-order valence-corrected chi connectivity index (χ2v) is 5.94. The summed E-state index contributed by atoms with van der Waals surface area (Å²) in [6.07, 6.45) is 1.25. The number of rotatable bonds is 7. The number of para-hydroxylation sites is 1. The molecule has 0 saturated heterocycles. The van der Waals surface area contributed by atoms with E-state index in [1.54, 1.807) is 13.2 Å². The molecule has 0 aromatic heterocycles. The molecule has 2 N–H and O–H groups in total. The van der Waals surface area contributed by atoms with Gasteiger partial charge in [0.05, 0.1) is 12.8 Å². The number of hydrogen-bond acceptors (Lipinski definition) is 3. The predicted octanol–water partition coefficient (Wildman–Crippen LogP) is 4.66. The van der Waals surface area contributed by atoms with Crippen LogP contribution < -0.4 is 15.4 Å². The molecule has 4 nitrogen and oxygen atoms in total. The maximum atomic E-state index is 12.1. The molecule has 24 heavy (non-hydrogen) atoms. The fourth-order valence-electron chi connectivity index (χ4n) is 2.44. The number of methoxy groups -OCH3 is 1. The Kier molecular flexibility index (Phi) is 6.50. The molecule has 5 heteroatoms. The van der Waals surface area contributed by atoms with E-state index in [1.165, 1.54) is 0 Å². The normalized spacial score (nSPS) is 10.3. The second-order valence-electron chi connectivity index (χ2n) is 5.54. The molecule has 0 spiro atoms. The summed E-state index contributed by atoms with van der Waals surface area (Å²) in [7, 11) is 1.60. The Bertz CT molecular complexity index is 717. The van der Waals surface area contributed by atoms with E-state index in [0.717, 1.165) is 28.9 Å². The first-order valence-electron chi connectivity index (χ1n) is 8.01. The van der Waals surface area contributed by atoms with Crippen molar-refractivity contribution in [2.45, 2.75) is 26.7 Å². The van der Waals surface area contributed by atoms with Crippen LogP contribution in [0, 0.1) is 6.92 Å². The lowest BCUT2D eigenvalue weighted by Crippen LogP contribution is -2.17. The van der Waals surface area contributed by atoms with E-state index in [0.29, 0.717) is 23.7 Å². The van der Waals surface area contributed by atoms with Gasteiger partial charge in [-0.1, -0.05) is 36.7 Å². The van der Waals surface area contributed by atoms with Crippen molar-refractivity contribution in [3.8, 4) is 5.75 Å². The molecule has 1 amide bonds. The quantitative estimate of drug-likeness (QED) is 0.766. The first kappa shape index (κ1) is 18.1. The SMILES string of the molecule is CCc1ccccc1NC(=O)CCNc1cc(C)c(Cl)cc1OC. The van der Waals surface area contributed by atoms with Gasteiger partial charge in [-0.2, -0.15) is 0 Å². The standard InChI is InChI=1S/C19H23ClN2O2/c1-4-14-7-5-6-8-16(14)22-19(23)9-10-21-17-11-13(2)15(20)12-18(17)24-3/h5-8,11-12,21H,4,9-10H2,1-3H3,(H,22,23). The van der Waals surface area contributed by atoms with Crippen molar-refractivity contribution in [2.24, 2.45) is 0 Å². The molecule has 0 aliphatic carbocycles. The van der Waals surface area contributed by atoms with Gasteiger partial charge in [-0.05, 0) is 36.6 Å². The maximum absolute atomic E-state index is 12.1. The van der Waals surface area contributed by atoms with Crippen LogP contribution in [0.3, 0.4) is 0 Å². The lowest BCUT2D eigenvalue weighted by Gasteiger charge is -2.13. The molecule has 0 atom stereocenters. The van der Waals surface area contributed by atoms with Gasteiger partial charge < -0.3 is 15.4 Å². The van der Waals surface area contributed by atoms with Crippen LogP contribution in [0.1, 0.15) is 24.5 Å². The van der Waals surface area contributed by atoms with Gasteiger partial charge in [0, 0.05) is 29.7 Å². The summed E-state index contributed by atoms with van der Waals surface area (Å²) in [5.41, 5.74) is 3.81. The molecule has 0 aliphatic heterocycles. The minimum atomic E-state index is -0.0203. The van der Waals surface area contributed by atoms with Gasteiger partial charge in [0.2, 0.25) is 5.91 Å². The zero-order chi connectivity index (χ0) is 17.5. The van der Waals surface area contributed by atoms with Crippen molar-refractivity contribution >= 4 is 28.9 Å². The number of benzene rings is 2. The van der Waals surface area contributed by atoms with Gasteiger partial charge in [0.25, 0.3) is 0 Å². The Morgan fingerprint density at radius 1 is 1.21 bits per heavy atom. The van der Waals surface area contributed by atoms with E-state index < -0.39 is 0 Å². The topological polar surface area (TPSA) is 50.4 Å². The molecule has 0 fully saturated rings. The Labute approximate surface area is 148 Å². The molecule has 128 valence electrons. The Morgan fingerprint density at radius 3 is 2.67 bits per heavy atom. The summed E-state index contributed by atoms with van der Waals surface area (Å²) >= 11 is 6.10. The molecular weight excluding hydrogens is 324 g/mol. The molecule has 0 radical (unpaired) electrons. The Hall–Kier alpha value is -2.20. The molecule has 0 saturated carbocycles. The van der Waals surface area contributed by atoms with Gasteiger partial charge >= 0.3 is 0 Å². The third-order valence-corrected chi connectivity index (χ3v) is 4.23. The zero-order valence-electron chi connectivity index (χ0n) is 14.3. The molecular formula is C19H23ClN2O2. The average molecular weight is 347 g/mol. The maximum Gasteiger partial charge on any atom is 0.226 e. The van der Waals surface area contributed by atoms with Gasteiger partial charge in [-0.15, -0.1) is 0 Å². The predicted molar refractivity (Wildman–Crippen MR) is 100 cm³/mol. The van der Waals surface area contributed by atoms with Gasteiger partial charge in [-0.25, -0.2) is 0 Å². The number of carbonyl (C=O) groups is 1. The fraction of sp³-hybridized carbons (Fsp3) is 0.316. The molecule has 2 rings (SSSR count). The van der Waals surface area contributed by atoms with Gasteiger partial charge in [0.15, 0.2) is 0 Å². The van der Waals surface area contributed by atoms with Crippen LogP contribution >= 0.6 is 11.6 Å². The summed E-state index contributed by atoms with van der Waals surface area (Å²) in [6.45, 7) is 4.51. The summed E-state index contributed by atoms with van der Waals surface area (Å²) in [4.78, 5) is 12.1. The number of ether oxygens (including phenoxy) is 1. The van der Waals surface area contributed by atoms with Crippen molar-refractivity contribution < 1.29 is 9.53 Å². The lowest BCUT2D eigenvalue weighted by molar-refractivity contribution is -0.115. The number of amides is 1. The number of hydrogen-bond donors (Lipinski definition) is 2. The highest BCUT2D eigenvalue weighted by atomic mass is 35.5. The summed E-state index contributed by atoms with van der Waals surface area (Å²) in [5.74, 6) is 0.649. The monoisotopic (exact) mass is 346 g/mol. The van der Waals surface area contributed by atoms with Crippen LogP contribution in [-0.4, -0.2) is 19.6 Å². The van der Waals surface area contributed by atoms with Gasteiger partial charge in [-0.3, -0.25) is 4.79 Å². The van der Waals surface area contributed by atoms with E-state index in [9.17, 15) is 4.79 Å². The minimum absolute atomic E-state index is 0.0203. The van der Waals surface area contributed by atoms with Crippen LogP contribution in [0.15, 0.2) is 36.4 Å². The Morgan fingerprint density at radius 2 is 1.96 bits per heavy atom. The molecule has 2 aromatic rings. The Balaban J connectivity index is 1.92. The summed E-state index contributed by atoms with van der Waals surface area (Å²) in [6, 6.07) is 11.5. The highest BCUT2D eigenvalue weighted by Crippen LogP contribution is 2.30. The molecule has 0 unspecified atom stereocenters. The van der Waals surface area contributed by atoms with Crippen LogP contribution in [0.4, 0.5) is 11.4 Å². The number of carbonyl (C=O) groups excluding carboxylic acids is 1. The highest BCUT2D eigenvalue weighted by molar-refractivity contribution is 6.31. The number of anilines is 2. The van der Waals surface area contributed by atoms with Crippen molar-refractivity contribution in [3.05, 3.63) is 52.5 Å². The largest absolute Gasteiger partial charge is 0.495 e. The van der Waals surface area contributed by atoms with Crippen LogP contribution in [0.25, 0.3) is 0 Å². The third-order valence-electron chi connectivity index (χ3n) is 3.82. The van der Waals surface area contributed by atoms with Crippen LogP contribution in [-0.2, 0) is 11.2 Å². The number of aryl methyl sites for hydroxylation is 2. The van der Waals surface area contributed by atoms with E-state index >= 15 is 0 Å². The second kappa shape index (κ2) is 8.60. The highest BCUT2D eigenvalue weighted by Gasteiger charge is 2.09. The third kappa shape index (κ3) is 4.65. The van der Waals surface area contributed by atoms with Crippen LogP contribution in [0.2, 0.25) is 5.02 Å². The smallest absolute Gasteiger partial charge is 0.226 e.